The predicted molar refractivity (Wildman–Crippen MR) is 128 cm³/mol. The van der Waals surface area contributed by atoms with Crippen molar-refractivity contribution in [2.45, 2.75) is 13.8 Å². The quantitative estimate of drug-likeness (QED) is 0.189. The molecule has 0 unspecified atom stereocenters. The molecule has 0 fully saturated rings. The van der Waals surface area contributed by atoms with Crippen molar-refractivity contribution in [2.24, 2.45) is 5.10 Å². The van der Waals surface area contributed by atoms with Gasteiger partial charge in [0.25, 0.3) is 5.91 Å². The first-order valence-corrected chi connectivity index (χ1v) is 11.2. The zero-order chi connectivity index (χ0) is 22.8. The lowest BCUT2D eigenvalue weighted by atomic mass is 10.2. The van der Waals surface area contributed by atoms with Gasteiger partial charge in [0.05, 0.1) is 35.7 Å². The van der Waals surface area contributed by atoms with Gasteiger partial charge in [0.2, 0.25) is 0 Å². The monoisotopic (exact) mass is 604 g/mol. The van der Waals surface area contributed by atoms with Crippen LogP contribution in [0.2, 0.25) is 0 Å². The van der Waals surface area contributed by atoms with Crippen LogP contribution in [0.1, 0.15) is 29.8 Å². The molecule has 2 aromatic carbocycles. The molecule has 0 aliphatic heterocycles. The van der Waals surface area contributed by atoms with E-state index in [1.807, 2.05) is 6.92 Å². The zero-order valence-electron chi connectivity index (χ0n) is 17.2. The fraction of sp³-hybridized carbons (Fsp3) is 0.286. The van der Waals surface area contributed by atoms with Crippen LogP contribution in [0, 0.1) is 3.57 Å². The molecule has 1 N–H and O–H groups in total. The SMILES string of the molecule is CCOC(=O)COc1c(I)cc(/C=N\NC(=O)c2cc(Br)ccc2OC)cc1OCC. The fourth-order valence-electron chi connectivity index (χ4n) is 2.48. The molecule has 31 heavy (non-hydrogen) atoms. The summed E-state index contributed by atoms with van der Waals surface area (Å²) in [6, 6.07) is 8.62. The van der Waals surface area contributed by atoms with Gasteiger partial charge in [-0.1, -0.05) is 15.9 Å². The highest BCUT2D eigenvalue weighted by Crippen LogP contribution is 2.34. The maximum absolute atomic E-state index is 12.4. The summed E-state index contributed by atoms with van der Waals surface area (Å²) in [6.45, 7) is 4.04. The van der Waals surface area contributed by atoms with Crippen LogP contribution in [-0.2, 0) is 9.53 Å². The summed E-state index contributed by atoms with van der Waals surface area (Å²) in [5.74, 6) is 0.462. The number of hydrazone groups is 1. The van der Waals surface area contributed by atoms with Gasteiger partial charge in [-0.3, -0.25) is 4.79 Å². The van der Waals surface area contributed by atoms with E-state index in [-0.39, 0.29) is 13.2 Å². The largest absolute Gasteiger partial charge is 0.496 e. The predicted octanol–water partition coefficient (Wildman–Crippen LogP) is 4.17. The number of nitrogens with one attached hydrogen (secondary N) is 1. The maximum atomic E-state index is 12.4. The number of esters is 1. The average molecular weight is 605 g/mol. The Hall–Kier alpha value is -2.34. The van der Waals surface area contributed by atoms with Crippen LogP contribution in [0.25, 0.3) is 0 Å². The molecule has 1 amide bonds. The molecular weight excluding hydrogens is 583 g/mol. The van der Waals surface area contributed by atoms with Gasteiger partial charge in [0.1, 0.15) is 5.75 Å². The smallest absolute Gasteiger partial charge is 0.344 e. The van der Waals surface area contributed by atoms with Gasteiger partial charge >= 0.3 is 5.97 Å². The van der Waals surface area contributed by atoms with Crippen LogP contribution < -0.4 is 19.6 Å². The molecule has 10 heteroatoms. The number of halogens is 2. The highest BCUT2D eigenvalue weighted by atomic mass is 127. The van der Waals surface area contributed by atoms with Gasteiger partial charge in [0.15, 0.2) is 18.1 Å². The van der Waals surface area contributed by atoms with Crippen molar-refractivity contribution in [2.75, 3.05) is 26.9 Å². The van der Waals surface area contributed by atoms with E-state index in [0.29, 0.717) is 38.6 Å². The molecule has 0 spiro atoms. The van der Waals surface area contributed by atoms with Crippen molar-refractivity contribution in [3.63, 3.8) is 0 Å². The molecule has 0 saturated carbocycles. The van der Waals surface area contributed by atoms with E-state index in [1.165, 1.54) is 13.3 Å². The second kappa shape index (κ2) is 12.5. The number of amides is 1. The molecule has 0 bridgehead atoms. The van der Waals surface area contributed by atoms with Crippen molar-refractivity contribution in [3.05, 3.63) is 49.5 Å². The summed E-state index contributed by atoms with van der Waals surface area (Å²) < 4.78 is 22.8. The Labute approximate surface area is 202 Å². The molecule has 8 nitrogen and oxygen atoms in total. The first-order valence-electron chi connectivity index (χ1n) is 9.31. The average Bonchev–Trinajstić information content (AvgIpc) is 2.73. The molecule has 166 valence electrons. The van der Waals surface area contributed by atoms with Crippen LogP contribution in [0.3, 0.4) is 0 Å². The van der Waals surface area contributed by atoms with E-state index >= 15 is 0 Å². The summed E-state index contributed by atoms with van der Waals surface area (Å²) in [5, 5.41) is 4.02. The van der Waals surface area contributed by atoms with Gasteiger partial charge < -0.3 is 18.9 Å². The first kappa shape index (κ1) is 24.9. The van der Waals surface area contributed by atoms with Crippen molar-refractivity contribution >= 4 is 56.6 Å². The van der Waals surface area contributed by atoms with E-state index < -0.39 is 11.9 Å². The molecule has 0 heterocycles. The third-order valence-electron chi connectivity index (χ3n) is 3.76. The third-order valence-corrected chi connectivity index (χ3v) is 5.05. The summed E-state index contributed by atoms with van der Waals surface area (Å²) >= 11 is 5.42. The number of rotatable bonds is 10. The Morgan fingerprint density at radius 1 is 1.13 bits per heavy atom. The number of nitrogens with zero attached hydrogens (tertiary/aromatic N) is 1. The van der Waals surface area contributed by atoms with E-state index in [4.69, 9.17) is 18.9 Å². The number of hydrogen-bond donors (Lipinski definition) is 1. The third kappa shape index (κ3) is 7.39. The lowest BCUT2D eigenvalue weighted by Crippen LogP contribution is -2.18. The van der Waals surface area contributed by atoms with E-state index in [0.717, 1.165) is 4.47 Å². The minimum Gasteiger partial charge on any atom is -0.496 e. The molecule has 2 aromatic rings. The van der Waals surface area contributed by atoms with Crippen molar-refractivity contribution < 1.29 is 28.5 Å². The van der Waals surface area contributed by atoms with Crippen LogP contribution >= 0.6 is 38.5 Å². The van der Waals surface area contributed by atoms with E-state index in [9.17, 15) is 9.59 Å². The molecule has 0 radical (unpaired) electrons. The second-order valence-corrected chi connectivity index (χ2v) is 7.98. The Morgan fingerprint density at radius 3 is 2.58 bits per heavy atom. The van der Waals surface area contributed by atoms with Crippen molar-refractivity contribution in [3.8, 4) is 17.2 Å². The molecule has 0 aliphatic carbocycles. The highest BCUT2D eigenvalue weighted by molar-refractivity contribution is 14.1. The van der Waals surface area contributed by atoms with Gasteiger partial charge in [-0.25, -0.2) is 10.2 Å². The van der Waals surface area contributed by atoms with Crippen LogP contribution in [0.5, 0.6) is 17.2 Å². The number of ether oxygens (including phenoxy) is 4. The van der Waals surface area contributed by atoms with Gasteiger partial charge in [-0.05, 0) is 72.3 Å². The molecule has 0 aliphatic rings. The lowest BCUT2D eigenvalue weighted by Gasteiger charge is -2.14. The second-order valence-electron chi connectivity index (χ2n) is 5.90. The van der Waals surface area contributed by atoms with Crippen LogP contribution in [0.4, 0.5) is 0 Å². The van der Waals surface area contributed by atoms with Gasteiger partial charge in [0, 0.05) is 4.47 Å². The summed E-state index contributed by atoms with van der Waals surface area (Å²) in [5.41, 5.74) is 3.51. The number of carbonyl (C=O) groups is 2. The van der Waals surface area contributed by atoms with E-state index in [2.05, 4.69) is 49.0 Å². The molecule has 0 aromatic heterocycles. The topological polar surface area (TPSA) is 95.5 Å². The molecule has 0 atom stereocenters. The molecule has 0 saturated heterocycles. The summed E-state index contributed by atoms with van der Waals surface area (Å²) in [7, 11) is 1.49. The Balaban J connectivity index is 2.15. The molecular formula is C21H22BrIN2O6. The lowest BCUT2D eigenvalue weighted by molar-refractivity contribution is -0.145. The number of methoxy groups -OCH3 is 1. The first-order chi connectivity index (χ1) is 14.9. The fourth-order valence-corrected chi connectivity index (χ4v) is 3.62. The number of hydrogen-bond acceptors (Lipinski definition) is 7. The van der Waals surface area contributed by atoms with Gasteiger partial charge in [-0.2, -0.15) is 5.10 Å². The maximum Gasteiger partial charge on any atom is 0.344 e. The Kier molecular flexibility index (Phi) is 10.0. The van der Waals surface area contributed by atoms with E-state index in [1.54, 1.807) is 37.3 Å². The van der Waals surface area contributed by atoms with Crippen LogP contribution in [-0.4, -0.2) is 45.0 Å². The standard InChI is InChI=1S/C21H22BrIN2O6/c1-4-29-18-9-13(8-16(23)20(18)31-12-19(26)30-5-2)11-24-25-21(27)15-10-14(22)6-7-17(15)28-3/h6-11H,4-5,12H2,1-3H3,(H,25,27)/b24-11-. The van der Waals surface area contributed by atoms with Crippen LogP contribution in [0.15, 0.2) is 39.9 Å². The number of benzene rings is 2. The minimum absolute atomic E-state index is 0.220. The van der Waals surface area contributed by atoms with Gasteiger partial charge in [-0.15, -0.1) is 0 Å². The number of carbonyl (C=O) groups excluding carboxylic acids is 2. The minimum atomic E-state index is -0.461. The van der Waals surface area contributed by atoms with Crippen molar-refractivity contribution in [1.29, 1.82) is 0 Å². The summed E-state index contributed by atoms with van der Waals surface area (Å²) in [6.07, 6.45) is 1.49. The Morgan fingerprint density at radius 2 is 1.90 bits per heavy atom. The van der Waals surface area contributed by atoms with Crippen molar-refractivity contribution in [1.82, 2.24) is 5.43 Å². The summed E-state index contributed by atoms with van der Waals surface area (Å²) in [4.78, 5) is 24.0. The highest BCUT2D eigenvalue weighted by Gasteiger charge is 2.15. The Bertz CT molecular complexity index is 967. The zero-order valence-corrected chi connectivity index (χ0v) is 21.0. The normalized spacial score (nSPS) is 10.6. The molecule has 2 rings (SSSR count).